The maximum absolute atomic E-state index is 12.1. The molecule has 1 heterocycles. The third-order valence-corrected chi connectivity index (χ3v) is 5.35. The molecule has 1 aliphatic heterocycles. The van der Waals surface area contributed by atoms with Crippen molar-refractivity contribution in [2.24, 2.45) is 0 Å². The molecule has 0 aromatic heterocycles. The van der Waals surface area contributed by atoms with Gasteiger partial charge in [0.25, 0.3) is 0 Å². The summed E-state index contributed by atoms with van der Waals surface area (Å²) in [5.41, 5.74) is -0.241. The lowest BCUT2D eigenvalue weighted by Crippen LogP contribution is -2.18. The first kappa shape index (κ1) is 10.6. The lowest BCUT2D eigenvalue weighted by atomic mass is 10.2. The van der Waals surface area contributed by atoms with E-state index in [0.717, 1.165) is 0 Å². The van der Waals surface area contributed by atoms with Crippen LogP contribution in [-0.2, 0) is 10.0 Å². The third kappa shape index (κ3) is 1.48. The smallest absolute Gasteiger partial charge is 0.207 e. The molecule has 82 valence electrons. The zero-order valence-corrected chi connectivity index (χ0v) is 9.95. The van der Waals surface area contributed by atoms with Gasteiger partial charge in [-0.1, -0.05) is 18.2 Å². The van der Waals surface area contributed by atoms with Crippen LogP contribution in [0.3, 0.4) is 0 Å². The van der Waals surface area contributed by atoms with Crippen LogP contribution < -0.4 is 0 Å². The van der Waals surface area contributed by atoms with Crippen LogP contribution >= 0.6 is 0 Å². The monoisotopic (exact) mass is 225 g/mol. The third-order valence-electron chi connectivity index (χ3n) is 3.17. The van der Waals surface area contributed by atoms with E-state index in [-0.39, 0.29) is 11.6 Å². The van der Waals surface area contributed by atoms with Crippen molar-refractivity contribution < 1.29 is 8.42 Å². The van der Waals surface area contributed by atoms with Gasteiger partial charge in [0.15, 0.2) is 0 Å². The molecule has 0 amide bonds. The first-order valence-corrected chi connectivity index (χ1v) is 6.42. The minimum absolute atomic E-state index is 0.0858. The number of rotatable bonds is 2. The van der Waals surface area contributed by atoms with E-state index in [1.165, 1.54) is 0 Å². The summed E-state index contributed by atoms with van der Waals surface area (Å²) in [5, 5.41) is 0. The first-order chi connectivity index (χ1) is 6.88. The predicted octanol–water partition coefficient (Wildman–Crippen LogP) is 1.86. The van der Waals surface area contributed by atoms with Crippen molar-refractivity contribution in [2.75, 3.05) is 0 Å². The first-order valence-electron chi connectivity index (χ1n) is 4.98. The van der Waals surface area contributed by atoms with Crippen molar-refractivity contribution in [3.8, 4) is 0 Å². The Labute approximate surface area is 90.8 Å². The second kappa shape index (κ2) is 3.06. The molecule has 2 unspecified atom stereocenters. The Bertz CT molecular complexity index is 465. The number of nitrogens with zero attached hydrogens (tertiary/aromatic N) is 1. The predicted molar refractivity (Wildman–Crippen MR) is 59.0 cm³/mol. The Kier molecular flexibility index (Phi) is 2.17. The number of sulfonamides is 1. The van der Waals surface area contributed by atoms with E-state index in [1.54, 1.807) is 28.6 Å². The van der Waals surface area contributed by atoms with Crippen LogP contribution in [0.5, 0.6) is 0 Å². The second-order valence-corrected chi connectivity index (χ2v) is 6.26. The summed E-state index contributed by atoms with van der Waals surface area (Å²) in [6.45, 7) is 5.82. The van der Waals surface area contributed by atoms with Gasteiger partial charge in [0.2, 0.25) is 10.0 Å². The summed E-state index contributed by atoms with van der Waals surface area (Å²) < 4.78 is 25.8. The van der Waals surface area contributed by atoms with Gasteiger partial charge in [-0.25, -0.2) is 8.42 Å². The van der Waals surface area contributed by atoms with Crippen molar-refractivity contribution in [1.82, 2.24) is 4.31 Å². The standard InChI is InChI=1S/C11H15NO2S/c1-9-11(2,3)12(9)15(13,14)10-7-5-4-6-8-10/h4-9H,1-3H3. The van der Waals surface area contributed by atoms with Crippen LogP contribution in [0.1, 0.15) is 20.8 Å². The SMILES string of the molecule is CC1N(S(=O)(=O)c2ccccc2)C1(C)C. The Morgan fingerprint density at radius 1 is 1.20 bits per heavy atom. The maximum Gasteiger partial charge on any atom is 0.243 e. The van der Waals surface area contributed by atoms with Gasteiger partial charge in [0, 0.05) is 11.6 Å². The lowest BCUT2D eigenvalue weighted by molar-refractivity contribution is 0.528. The molecule has 1 saturated heterocycles. The van der Waals surface area contributed by atoms with Crippen LogP contribution in [0.15, 0.2) is 35.2 Å². The molecule has 0 saturated carbocycles. The summed E-state index contributed by atoms with van der Waals surface area (Å²) in [5.74, 6) is 0. The average Bonchev–Trinajstić information content (AvgIpc) is 2.68. The minimum atomic E-state index is -3.29. The van der Waals surface area contributed by atoms with E-state index in [4.69, 9.17) is 0 Å². The summed E-state index contributed by atoms with van der Waals surface area (Å²) in [7, 11) is -3.29. The van der Waals surface area contributed by atoms with Crippen molar-refractivity contribution in [1.29, 1.82) is 0 Å². The molecule has 0 bridgehead atoms. The molecule has 0 radical (unpaired) electrons. The Hall–Kier alpha value is -0.870. The van der Waals surface area contributed by atoms with Crippen molar-refractivity contribution in [3.05, 3.63) is 30.3 Å². The molecule has 1 aromatic rings. The highest BCUT2D eigenvalue weighted by molar-refractivity contribution is 7.89. The van der Waals surface area contributed by atoms with Gasteiger partial charge in [-0.15, -0.1) is 0 Å². The summed E-state index contributed by atoms with van der Waals surface area (Å²) in [6.07, 6.45) is 0. The zero-order chi connectivity index (χ0) is 11.3. The van der Waals surface area contributed by atoms with Crippen LogP contribution in [0.4, 0.5) is 0 Å². The van der Waals surface area contributed by atoms with Gasteiger partial charge in [0.05, 0.1) is 4.90 Å². The number of hydrogen-bond donors (Lipinski definition) is 0. The topological polar surface area (TPSA) is 37.1 Å². The fourth-order valence-corrected chi connectivity index (χ4v) is 3.99. The van der Waals surface area contributed by atoms with E-state index in [0.29, 0.717) is 4.90 Å². The summed E-state index contributed by atoms with van der Waals surface area (Å²) in [6, 6.07) is 8.66. The molecular formula is C11H15NO2S. The van der Waals surface area contributed by atoms with E-state index in [2.05, 4.69) is 0 Å². The highest BCUT2D eigenvalue weighted by Gasteiger charge is 2.59. The van der Waals surface area contributed by atoms with Crippen molar-refractivity contribution in [2.45, 2.75) is 37.2 Å². The molecule has 4 heteroatoms. The largest absolute Gasteiger partial charge is 0.243 e. The van der Waals surface area contributed by atoms with Crippen LogP contribution in [0.25, 0.3) is 0 Å². The van der Waals surface area contributed by atoms with E-state index in [9.17, 15) is 8.42 Å². The minimum Gasteiger partial charge on any atom is -0.207 e. The normalized spacial score (nSPS) is 28.7. The van der Waals surface area contributed by atoms with Gasteiger partial charge in [-0.3, -0.25) is 0 Å². The summed E-state index contributed by atoms with van der Waals surface area (Å²) >= 11 is 0. The maximum atomic E-state index is 12.1. The number of benzene rings is 1. The van der Waals surface area contributed by atoms with Gasteiger partial charge >= 0.3 is 0 Å². The molecule has 1 aliphatic rings. The van der Waals surface area contributed by atoms with Gasteiger partial charge in [-0.05, 0) is 32.9 Å². The highest BCUT2D eigenvalue weighted by atomic mass is 32.2. The van der Waals surface area contributed by atoms with E-state index in [1.807, 2.05) is 26.8 Å². The fraction of sp³-hybridized carbons (Fsp3) is 0.455. The van der Waals surface area contributed by atoms with Crippen molar-refractivity contribution in [3.63, 3.8) is 0 Å². The second-order valence-electron chi connectivity index (χ2n) is 4.44. The quantitative estimate of drug-likeness (QED) is 0.720. The highest BCUT2D eigenvalue weighted by Crippen LogP contribution is 2.44. The molecule has 2 rings (SSSR count). The van der Waals surface area contributed by atoms with E-state index >= 15 is 0 Å². The molecule has 3 nitrogen and oxygen atoms in total. The molecule has 15 heavy (non-hydrogen) atoms. The Morgan fingerprint density at radius 3 is 2.07 bits per heavy atom. The van der Waals surface area contributed by atoms with Crippen LogP contribution in [-0.4, -0.2) is 24.3 Å². The van der Waals surface area contributed by atoms with Gasteiger partial charge in [-0.2, -0.15) is 4.31 Å². The van der Waals surface area contributed by atoms with Crippen LogP contribution in [0, 0.1) is 0 Å². The molecule has 0 spiro atoms. The average molecular weight is 225 g/mol. The zero-order valence-electron chi connectivity index (χ0n) is 9.14. The van der Waals surface area contributed by atoms with Gasteiger partial charge in [0.1, 0.15) is 0 Å². The van der Waals surface area contributed by atoms with Crippen LogP contribution in [0.2, 0.25) is 0 Å². The molecule has 2 atom stereocenters. The molecule has 0 aliphatic carbocycles. The molecule has 0 N–H and O–H groups in total. The van der Waals surface area contributed by atoms with Gasteiger partial charge < -0.3 is 0 Å². The van der Waals surface area contributed by atoms with Crippen molar-refractivity contribution >= 4 is 10.0 Å². The Morgan fingerprint density at radius 2 is 1.67 bits per heavy atom. The molecule has 1 aromatic carbocycles. The number of hydrogen-bond acceptors (Lipinski definition) is 2. The van der Waals surface area contributed by atoms with E-state index < -0.39 is 10.0 Å². The lowest BCUT2D eigenvalue weighted by Gasteiger charge is -2.07. The molecule has 1 fully saturated rings. The fourth-order valence-electron chi connectivity index (χ4n) is 1.87. The Balaban J connectivity index is 2.40. The molecular weight excluding hydrogens is 210 g/mol. The summed E-state index contributed by atoms with van der Waals surface area (Å²) in [4.78, 5) is 0.377.